The average molecular weight is 702 g/mol. The molecule has 0 spiro atoms. The Morgan fingerprint density at radius 2 is 0.729 bits per heavy atom. The molecular formula is C45H74N2Ni. The van der Waals surface area contributed by atoms with Crippen molar-refractivity contribution in [3.05, 3.63) is 58.7 Å². The van der Waals surface area contributed by atoms with Gasteiger partial charge in [0.05, 0.1) is 22.8 Å². The van der Waals surface area contributed by atoms with Crippen molar-refractivity contribution in [1.82, 2.24) is 0 Å². The number of nitrogens with zero attached hydrogens (tertiary/aromatic N) is 2. The van der Waals surface area contributed by atoms with Gasteiger partial charge in [0.2, 0.25) is 0 Å². The number of hydrogen-bond donors (Lipinski definition) is 0. The minimum Gasteiger partial charge on any atom is -0.252 e. The van der Waals surface area contributed by atoms with E-state index in [0.29, 0.717) is 0 Å². The van der Waals surface area contributed by atoms with Crippen molar-refractivity contribution < 1.29 is 16.5 Å². The molecule has 0 atom stereocenters. The monoisotopic (exact) mass is 701 g/mol. The Bertz CT molecular complexity index is 1150. The van der Waals surface area contributed by atoms with E-state index in [4.69, 9.17) is 9.98 Å². The van der Waals surface area contributed by atoms with Crippen LogP contribution in [-0.4, -0.2) is 11.4 Å². The second kappa shape index (κ2) is 29.0. The Morgan fingerprint density at radius 3 is 1.15 bits per heavy atom. The van der Waals surface area contributed by atoms with Crippen molar-refractivity contribution in [2.75, 3.05) is 0 Å². The molecule has 2 aromatic carbocycles. The van der Waals surface area contributed by atoms with Gasteiger partial charge >= 0.3 is 0 Å². The quantitative estimate of drug-likeness (QED) is 0.0479. The molecule has 0 aliphatic carbocycles. The van der Waals surface area contributed by atoms with Crippen LogP contribution in [0.4, 0.5) is 11.4 Å². The minimum atomic E-state index is 0. The van der Waals surface area contributed by atoms with E-state index in [-0.39, 0.29) is 16.5 Å². The van der Waals surface area contributed by atoms with E-state index in [1.807, 2.05) is 0 Å². The van der Waals surface area contributed by atoms with Gasteiger partial charge in [0, 0.05) is 16.5 Å². The molecule has 0 aromatic heterocycles. The third-order valence-corrected chi connectivity index (χ3v) is 9.69. The van der Waals surface area contributed by atoms with Crippen LogP contribution in [0.3, 0.4) is 0 Å². The van der Waals surface area contributed by atoms with Crippen molar-refractivity contribution in [2.45, 2.75) is 202 Å². The summed E-state index contributed by atoms with van der Waals surface area (Å²) in [6.07, 6.45) is 31.1. The molecule has 0 radical (unpaired) electrons. The molecule has 0 unspecified atom stereocenters. The molecule has 0 amide bonds. The van der Waals surface area contributed by atoms with Crippen molar-refractivity contribution in [3.63, 3.8) is 0 Å². The van der Waals surface area contributed by atoms with Gasteiger partial charge in [-0.3, -0.25) is 9.98 Å². The molecule has 0 saturated heterocycles. The number of unbranched alkanes of at least 4 members (excludes halogenated alkanes) is 13. The summed E-state index contributed by atoms with van der Waals surface area (Å²) in [5.41, 5.74) is 10.8. The van der Waals surface area contributed by atoms with Gasteiger partial charge in [-0.25, -0.2) is 0 Å². The third-order valence-electron chi connectivity index (χ3n) is 9.69. The van der Waals surface area contributed by atoms with Crippen molar-refractivity contribution in [3.8, 4) is 0 Å². The molecule has 3 heteroatoms. The summed E-state index contributed by atoms with van der Waals surface area (Å²) < 4.78 is 0. The Morgan fingerprint density at radius 1 is 0.375 bits per heavy atom. The zero-order chi connectivity index (χ0) is 34.0. The summed E-state index contributed by atoms with van der Waals surface area (Å²) in [5.74, 6) is 0. The molecular weight excluding hydrogens is 627 g/mol. The second-order valence-electron chi connectivity index (χ2n) is 14.1. The maximum atomic E-state index is 5.47. The van der Waals surface area contributed by atoms with Crippen LogP contribution in [0.5, 0.6) is 0 Å². The number of aryl methyl sites for hydroxylation is 4. The smallest absolute Gasteiger partial charge is 0.0636 e. The van der Waals surface area contributed by atoms with Crippen LogP contribution in [0.15, 0.2) is 46.4 Å². The summed E-state index contributed by atoms with van der Waals surface area (Å²) in [5, 5.41) is 0. The van der Waals surface area contributed by atoms with Crippen LogP contribution in [0.2, 0.25) is 0 Å². The Balaban J connectivity index is 0.0000115. The zero-order valence-corrected chi connectivity index (χ0v) is 33.3. The fraction of sp³-hybridized carbons (Fsp3) is 0.689. The first-order chi connectivity index (χ1) is 23.1. The number of benzene rings is 2. The van der Waals surface area contributed by atoms with Gasteiger partial charge < -0.3 is 0 Å². The fourth-order valence-electron chi connectivity index (χ4n) is 6.73. The molecule has 0 aliphatic heterocycles. The Hall–Kier alpha value is -1.73. The van der Waals surface area contributed by atoms with E-state index >= 15 is 0 Å². The van der Waals surface area contributed by atoms with E-state index in [0.717, 1.165) is 30.6 Å². The first-order valence-electron chi connectivity index (χ1n) is 20.5. The first-order valence-corrected chi connectivity index (χ1v) is 20.5. The normalized spacial score (nSPS) is 12.0. The van der Waals surface area contributed by atoms with Crippen LogP contribution >= 0.6 is 0 Å². The largest absolute Gasteiger partial charge is 0.252 e. The molecule has 0 aliphatic rings. The van der Waals surface area contributed by atoms with Gasteiger partial charge in [-0.2, -0.15) is 0 Å². The molecule has 0 fully saturated rings. The van der Waals surface area contributed by atoms with Gasteiger partial charge in [-0.05, 0) is 117 Å². The van der Waals surface area contributed by atoms with E-state index in [9.17, 15) is 0 Å². The zero-order valence-electron chi connectivity index (χ0n) is 32.4. The minimum absolute atomic E-state index is 0. The fourth-order valence-corrected chi connectivity index (χ4v) is 6.73. The van der Waals surface area contributed by atoms with Gasteiger partial charge in [0.1, 0.15) is 0 Å². The summed E-state index contributed by atoms with van der Waals surface area (Å²) in [6.45, 7) is 13.8. The van der Waals surface area contributed by atoms with Crippen molar-refractivity contribution in [2.24, 2.45) is 9.98 Å². The van der Waals surface area contributed by atoms with E-state index in [1.165, 1.54) is 164 Å². The predicted octanol–water partition coefficient (Wildman–Crippen LogP) is 15.0. The first kappa shape index (κ1) is 44.3. The van der Waals surface area contributed by atoms with E-state index in [1.54, 1.807) is 11.1 Å². The van der Waals surface area contributed by atoms with Crippen LogP contribution in [0, 0.1) is 0 Å². The summed E-state index contributed by atoms with van der Waals surface area (Å²) in [6, 6.07) is 14.2. The molecule has 0 heterocycles. The van der Waals surface area contributed by atoms with Crippen LogP contribution in [-0.2, 0) is 42.2 Å². The van der Waals surface area contributed by atoms with Gasteiger partial charge in [-0.15, -0.1) is 0 Å². The van der Waals surface area contributed by atoms with Crippen molar-refractivity contribution in [1.29, 1.82) is 0 Å². The number of rotatable bonds is 28. The predicted molar refractivity (Wildman–Crippen MR) is 213 cm³/mol. The van der Waals surface area contributed by atoms with Gasteiger partial charge in [0.15, 0.2) is 0 Å². The van der Waals surface area contributed by atoms with Crippen molar-refractivity contribution >= 4 is 22.8 Å². The molecule has 274 valence electrons. The summed E-state index contributed by atoms with van der Waals surface area (Å²) >= 11 is 0. The SMILES string of the molecule is CCCCCCCCC(=Nc1ccc(CCCCC)c(CCCCC)c1)C(CCC)=Nc1ccc(CCCCC)c(CCCCC)c1.[Ni]. The van der Waals surface area contributed by atoms with Crippen LogP contribution in [0.1, 0.15) is 199 Å². The maximum Gasteiger partial charge on any atom is 0.0636 e. The van der Waals surface area contributed by atoms with Crippen LogP contribution in [0.25, 0.3) is 0 Å². The van der Waals surface area contributed by atoms with Crippen LogP contribution < -0.4 is 0 Å². The molecule has 2 rings (SSSR count). The van der Waals surface area contributed by atoms with E-state index in [2.05, 4.69) is 77.9 Å². The number of aliphatic imine (C=N–C) groups is 2. The summed E-state index contributed by atoms with van der Waals surface area (Å²) in [4.78, 5) is 10.9. The summed E-state index contributed by atoms with van der Waals surface area (Å²) in [7, 11) is 0. The van der Waals surface area contributed by atoms with Gasteiger partial charge in [-0.1, -0.05) is 144 Å². The van der Waals surface area contributed by atoms with E-state index < -0.39 is 0 Å². The average Bonchev–Trinajstić information content (AvgIpc) is 3.07. The Kier molecular flexibility index (Phi) is 26.8. The third kappa shape index (κ3) is 18.3. The second-order valence-corrected chi connectivity index (χ2v) is 14.1. The molecule has 2 aromatic rings. The standard InChI is InChI=1S/C45H74N2.Ni/c1-7-13-18-19-20-25-31-45(47-43-35-33-39(28-22-15-9-3)41(37-43)30-24-17-11-5)44(26-12-6)46-42-34-32-38(27-21-14-8-2)40(36-42)29-23-16-10-4;/h32-37H,7-31H2,1-6H3;. The topological polar surface area (TPSA) is 24.7 Å². The molecule has 0 saturated carbocycles. The molecule has 48 heavy (non-hydrogen) atoms. The molecule has 2 nitrogen and oxygen atoms in total. The number of hydrogen-bond acceptors (Lipinski definition) is 2. The maximum absolute atomic E-state index is 5.47. The Labute approximate surface area is 308 Å². The molecule has 0 N–H and O–H groups in total. The molecule has 0 bridgehead atoms. The van der Waals surface area contributed by atoms with Gasteiger partial charge in [0.25, 0.3) is 0 Å².